The summed E-state index contributed by atoms with van der Waals surface area (Å²) in [6, 6.07) is 8.31. The Morgan fingerprint density at radius 1 is 1.15 bits per heavy atom. The molecule has 0 aromatic heterocycles. The van der Waals surface area contributed by atoms with Gasteiger partial charge < -0.3 is 5.32 Å². The molecular weight excluding hydrogens is 158 g/mol. The van der Waals surface area contributed by atoms with Crippen molar-refractivity contribution < 1.29 is 0 Å². The van der Waals surface area contributed by atoms with Gasteiger partial charge in [-0.3, -0.25) is 0 Å². The summed E-state index contributed by atoms with van der Waals surface area (Å²) in [6.45, 7) is 2.16. The lowest BCUT2D eigenvalue weighted by Crippen LogP contribution is -1.89. The first-order chi connectivity index (χ1) is 6.40. The highest BCUT2D eigenvalue weighted by Crippen LogP contribution is 2.21. The Labute approximate surface area is 78.8 Å². The number of fused-ring (bicyclic) bond motifs is 1. The lowest BCUT2D eigenvalue weighted by atomic mass is 10.1. The number of anilines is 1. The van der Waals surface area contributed by atoms with E-state index in [0.29, 0.717) is 0 Å². The van der Waals surface area contributed by atoms with Crippen LogP contribution >= 0.6 is 0 Å². The third-order valence-corrected chi connectivity index (χ3v) is 2.26. The zero-order valence-electron chi connectivity index (χ0n) is 7.75. The van der Waals surface area contributed by atoms with Gasteiger partial charge in [-0.1, -0.05) is 37.3 Å². The van der Waals surface area contributed by atoms with Gasteiger partial charge in [-0.05, 0) is 23.6 Å². The molecule has 0 spiro atoms. The molecule has 0 aliphatic carbocycles. The van der Waals surface area contributed by atoms with Crippen LogP contribution in [0.3, 0.4) is 0 Å². The molecule has 0 atom stereocenters. The zero-order valence-corrected chi connectivity index (χ0v) is 7.75. The number of hydrogen-bond donors (Lipinski definition) is 1. The summed E-state index contributed by atoms with van der Waals surface area (Å²) in [5.74, 6) is 0. The van der Waals surface area contributed by atoms with E-state index < -0.39 is 0 Å². The second kappa shape index (κ2) is 3.48. The van der Waals surface area contributed by atoms with Gasteiger partial charge in [0.05, 0.1) is 0 Å². The Kier molecular flexibility index (Phi) is 2.17. The van der Waals surface area contributed by atoms with Crippen LogP contribution in [0.25, 0.3) is 6.08 Å². The van der Waals surface area contributed by atoms with Gasteiger partial charge in [-0.2, -0.15) is 0 Å². The third kappa shape index (κ3) is 1.64. The number of benzene rings is 1. The molecule has 1 N–H and O–H groups in total. The largest absolute Gasteiger partial charge is 0.361 e. The summed E-state index contributed by atoms with van der Waals surface area (Å²) in [4.78, 5) is 0. The van der Waals surface area contributed by atoms with Gasteiger partial charge in [0, 0.05) is 11.9 Å². The molecule has 1 aromatic rings. The van der Waals surface area contributed by atoms with Gasteiger partial charge >= 0.3 is 0 Å². The van der Waals surface area contributed by atoms with Crippen LogP contribution in [0.4, 0.5) is 5.69 Å². The maximum atomic E-state index is 3.30. The number of hydrogen-bond acceptors (Lipinski definition) is 1. The standard InChI is InChI=1S/C12H13N/c1-2-10-7-8-11-5-3-4-6-12(11)13-9-10/h3-9,13H,2H2,1H3. The van der Waals surface area contributed by atoms with E-state index in [1.807, 2.05) is 6.07 Å². The molecule has 1 aromatic carbocycles. The fourth-order valence-electron chi connectivity index (χ4n) is 1.41. The van der Waals surface area contributed by atoms with Crippen LogP contribution in [-0.4, -0.2) is 0 Å². The molecule has 0 fully saturated rings. The molecule has 0 unspecified atom stereocenters. The Hall–Kier alpha value is -1.50. The summed E-state index contributed by atoms with van der Waals surface area (Å²) >= 11 is 0. The Morgan fingerprint density at radius 2 is 2.00 bits per heavy atom. The quantitative estimate of drug-likeness (QED) is 0.682. The fraction of sp³-hybridized carbons (Fsp3) is 0.167. The van der Waals surface area contributed by atoms with Crippen molar-refractivity contribution in [3.63, 3.8) is 0 Å². The van der Waals surface area contributed by atoms with Crippen LogP contribution < -0.4 is 5.32 Å². The second-order valence-electron chi connectivity index (χ2n) is 3.14. The van der Waals surface area contributed by atoms with E-state index in [9.17, 15) is 0 Å². The van der Waals surface area contributed by atoms with Crippen LogP contribution in [0, 0.1) is 0 Å². The second-order valence-corrected chi connectivity index (χ2v) is 3.14. The molecule has 0 saturated carbocycles. The normalized spacial score (nSPS) is 14.1. The number of rotatable bonds is 1. The first kappa shape index (κ1) is 8.11. The summed E-state index contributed by atoms with van der Waals surface area (Å²) in [5.41, 5.74) is 3.76. The van der Waals surface area contributed by atoms with Crippen molar-refractivity contribution in [1.29, 1.82) is 0 Å². The van der Waals surface area contributed by atoms with Crippen molar-refractivity contribution >= 4 is 11.8 Å². The smallest absolute Gasteiger partial charge is 0.0453 e. The minimum Gasteiger partial charge on any atom is -0.361 e. The van der Waals surface area contributed by atoms with Crippen molar-refractivity contribution in [2.45, 2.75) is 13.3 Å². The molecule has 0 amide bonds. The van der Waals surface area contributed by atoms with Crippen molar-refractivity contribution in [3.8, 4) is 0 Å². The SMILES string of the molecule is CCC1=CNc2ccccc2C=C1. The lowest BCUT2D eigenvalue weighted by molar-refractivity contribution is 1.15. The summed E-state index contributed by atoms with van der Waals surface area (Å²) < 4.78 is 0. The van der Waals surface area contributed by atoms with E-state index in [1.54, 1.807) is 0 Å². The first-order valence-corrected chi connectivity index (χ1v) is 4.63. The molecule has 13 heavy (non-hydrogen) atoms. The van der Waals surface area contributed by atoms with Gasteiger partial charge in [-0.15, -0.1) is 0 Å². The minimum absolute atomic E-state index is 1.07. The van der Waals surface area contributed by atoms with Crippen molar-refractivity contribution in [2.24, 2.45) is 0 Å². The van der Waals surface area contributed by atoms with Gasteiger partial charge in [0.25, 0.3) is 0 Å². The maximum Gasteiger partial charge on any atom is 0.0453 e. The lowest BCUT2D eigenvalue weighted by Gasteiger charge is -2.02. The van der Waals surface area contributed by atoms with Crippen molar-refractivity contribution in [1.82, 2.24) is 0 Å². The van der Waals surface area contributed by atoms with Crippen molar-refractivity contribution in [2.75, 3.05) is 5.32 Å². The third-order valence-electron chi connectivity index (χ3n) is 2.26. The van der Waals surface area contributed by atoms with Crippen LogP contribution in [-0.2, 0) is 0 Å². The van der Waals surface area contributed by atoms with E-state index in [-0.39, 0.29) is 0 Å². The molecule has 0 radical (unpaired) electrons. The molecule has 1 aliphatic rings. The van der Waals surface area contributed by atoms with Crippen LogP contribution in [0.1, 0.15) is 18.9 Å². The predicted molar refractivity (Wildman–Crippen MR) is 57.5 cm³/mol. The molecule has 1 heteroatoms. The molecule has 1 heterocycles. The highest BCUT2D eigenvalue weighted by Gasteiger charge is 2.00. The average molecular weight is 171 g/mol. The van der Waals surface area contributed by atoms with E-state index >= 15 is 0 Å². The molecule has 2 rings (SSSR count). The van der Waals surface area contributed by atoms with Gasteiger partial charge in [0.1, 0.15) is 0 Å². The Morgan fingerprint density at radius 3 is 2.85 bits per heavy atom. The predicted octanol–water partition coefficient (Wildman–Crippen LogP) is 3.42. The number of para-hydroxylation sites is 1. The number of allylic oxidation sites excluding steroid dienone is 2. The topological polar surface area (TPSA) is 12.0 Å². The maximum absolute atomic E-state index is 3.30. The molecule has 0 bridgehead atoms. The van der Waals surface area contributed by atoms with E-state index in [0.717, 1.165) is 6.42 Å². The van der Waals surface area contributed by atoms with Crippen LogP contribution in [0.5, 0.6) is 0 Å². The highest BCUT2D eigenvalue weighted by atomic mass is 14.8. The number of nitrogens with one attached hydrogen (secondary N) is 1. The molecule has 66 valence electrons. The van der Waals surface area contributed by atoms with E-state index in [1.165, 1.54) is 16.8 Å². The molecule has 1 aliphatic heterocycles. The van der Waals surface area contributed by atoms with E-state index in [2.05, 4.69) is 48.8 Å². The summed E-state index contributed by atoms with van der Waals surface area (Å²) in [6.07, 6.45) is 7.46. The molecular formula is C12H13N. The summed E-state index contributed by atoms with van der Waals surface area (Å²) in [5, 5.41) is 3.30. The monoisotopic (exact) mass is 171 g/mol. The fourth-order valence-corrected chi connectivity index (χ4v) is 1.41. The average Bonchev–Trinajstić information content (AvgIpc) is 2.39. The Bertz CT molecular complexity index is 361. The highest BCUT2D eigenvalue weighted by molar-refractivity contribution is 5.70. The van der Waals surface area contributed by atoms with E-state index in [4.69, 9.17) is 0 Å². The van der Waals surface area contributed by atoms with Crippen LogP contribution in [0.15, 0.2) is 42.1 Å². The van der Waals surface area contributed by atoms with Crippen molar-refractivity contribution in [3.05, 3.63) is 47.7 Å². The molecule has 0 saturated heterocycles. The van der Waals surface area contributed by atoms with Gasteiger partial charge in [0.15, 0.2) is 0 Å². The minimum atomic E-state index is 1.07. The zero-order chi connectivity index (χ0) is 9.10. The summed E-state index contributed by atoms with van der Waals surface area (Å²) in [7, 11) is 0. The van der Waals surface area contributed by atoms with Gasteiger partial charge in [-0.25, -0.2) is 0 Å². The Balaban J connectivity index is 2.39. The molecule has 1 nitrogen and oxygen atoms in total. The van der Waals surface area contributed by atoms with Crippen LogP contribution in [0.2, 0.25) is 0 Å². The first-order valence-electron chi connectivity index (χ1n) is 4.63. The van der Waals surface area contributed by atoms with Gasteiger partial charge in [0.2, 0.25) is 0 Å².